The second-order valence-electron chi connectivity index (χ2n) is 14.7. The molecule has 1 heterocycles. The van der Waals surface area contributed by atoms with Gasteiger partial charge >= 0.3 is 12.1 Å². The summed E-state index contributed by atoms with van der Waals surface area (Å²) in [5.74, 6) is -1.57. The number of benzene rings is 3. The predicted molar refractivity (Wildman–Crippen MR) is 201 cm³/mol. The van der Waals surface area contributed by atoms with Crippen LogP contribution in [0.3, 0.4) is 0 Å². The van der Waals surface area contributed by atoms with Gasteiger partial charge in [0.05, 0.1) is 18.7 Å². The molecule has 1 aliphatic carbocycles. The number of aryl methyl sites for hydroxylation is 1. The standard InChI is InChI=1S/C40H48N4O7S/c1-39(2,3)51-38(49)43-33(40(4,5)52-7)36(47)44-23-28-21-29(41-34(45)25-15-17-26(18-16-25)37(48)50-6)20-19-27(28)22-32(44)35(46)42-31-14-10-12-24-11-8-9-13-30(24)31/h8-9,11,13,15-21,31-33H,10,12,14,22-23H2,1-7H3,(H,41,45)(H,42,46)(H,43,49)/t31-,32+,33-/m1/s1. The fraction of sp³-hybridized carbons (Fsp3) is 0.425. The van der Waals surface area contributed by atoms with Crippen LogP contribution >= 0.6 is 11.8 Å². The number of amides is 4. The van der Waals surface area contributed by atoms with E-state index in [2.05, 4.69) is 22.0 Å². The highest BCUT2D eigenvalue weighted by atomic mass is 32.2. The first kappa shape index (κ1) is 38.4. The minimum absolute atomic E-state index is 0.0714. The monoisotopic (exact) mass is 728 g/mol. The molecule has 3 atom stereocenters. The Hall–Kier alpha value is -4.84. The molecule has 0 saturated heterocycles. The Morgan fingerprint density at radius 1 is 0.885 bits per heavy atom. The molecular weight excluding hydrogens is 681 g/mol. The number of anilines is 1. The van der Waals surface area contributed by atoms with Crippen LogP contribution < -0.4 is 16.0 Å². The second-order valence-corrected chi connectivity index (χ2v) is 16.2. The lowest BCUT2D eigenvalue weighted by Crippen LogP contribution is -2.62. The van der Waals surface area contributed by atoms with E-state index < -0.39 is 40.4 Å². The van der Waals surface area contributed by atoms with Crippen molar-refractivity contribution in [1.29, 1.82) is 0 Å². The molecule has 12 heteroatoms. The van der Waals surface area contributed by atoms with Crippen molar-refractivity contribution in [3.8, 4) is 0 Å². The van der Waals surface area contributed by atoms with Crippen LogP contribution in [-0.2, 0) is 38.4 Å². The number of nitrogens with zero attached hydrogens (tertiary/aromatic N) is 1. The Morgan fingerprint density at radius 2 is 1.58 bits per heavy atom. The van der Waals surface area contributed by atoms with Gasteiger partial charge in [-0.05, 0) is 119 Å². The van der Waals surface area contributed by atoms with Crippen molar-refractivity contribution >= 4 is 47.2 Å². The second kappa shape index (κ2) is 15.8. The number of esters is 1. The van der Waals surface area contributed by atoms with Crippen molar-refractivity contribution in [2.24, 2.45) is 0 Å². The number of alkyl carbamates (subject to hydrolysis) is 1. The zero-order valence-electron chi connectivity index (χ0n) is 30.8. The number of hydrogen-bond acceptors (Lipinski definition) is 8. The molecule has 0 spiro atoms. The van der Waals surface area contributed by atoms with Crippen LogP contribution in [0.15, 0.2) is 66.7 Å². The Morgan fingerprint density at radius 3 is 2.25 bits per heavy atom. The summed E-state index contributed by atoms with van der Waals surface area (Å²) in [7, 11) is 1.29. The fourth-order valence-electron chi connectivity index (χ4n) is 6.62. The van der Waals surface area contributed by atoms with Gasteiger partial charge in [0, 0.05) is 29.0 Å². The number of ether oxygens (including phenoxy) is 2. The zero-order chi connectivity index (χ0) is 37.8. The molecular formula is C40H48N4O7S. The topological polar surface area (TPSA) is 143 Å². The summed E-state index contributed by atoms with van der Waals surface area (Å²) < 4.78 is 9.53. The van der Waals surface area contributed by atoms with Gasteiger partial charge in [-0.3, -0.25) is 14.4 Å². The van der Waals surface area contributed by atoms with Gasteiger partial charge < -0.3 is 30.3 Å². The highest BCUT2D eigenvalue weighted by molar-refractivity contribution is 8.00. The van der Waals surface area contributed by atoms with Crippen molar-refractivity contribution in [1.82, 2.24) is 15.5 Å². The van der Waals surface area contributed by atoms with Crippen molar-refractivity contribution in [2.45, 2.75) is 95.3 Å². The predicted octanol–water partition coefficient (Wildman–Crippen LogP) is 6.21. The molecule has 0 fully saturated rings. The van der Waals surface area contributed by atoms with Crippen molar-refractivity contribution in [3.63, 3.8) is 0 Å². The van der Waals surface area contributed by atoms with Gasteiger partial charge in [-0.2, -0.15) is 11.8 Å². The van der Waals surface area contributed by atoms with Gasteiger partial charge in [-0.25, -0.2) is 9.59 Å². The molecule has 4 amide bonds. The largest absolute Gasteiger partial charge is 0.465 e. The summed E-state index contributed by atoms with van der Waals surface area (Å²) in [4.78, 5) is 68.6. The minimum Gasteiger partial charge on any atom is -0.465 e. The summed E-state index contributed by atoms with van der Waals surface area (Å²) in [6.07, 6.45) is 4.05. The molecule has 3 N–H and O–H groups in total. The van der Waals surface area contributed by atoms with Crippen LogP contribution in [0.1, 0.15) is 96.5 Å². The quantitative estimate of drug-likeness (QED) is 0.221. The zero-order valence-corrected chi connectivity index (χ0v) is 31.6. The lowest BCUT2D eigenvalue weighted by atomic mass is 9.87. The average Bonchev–Trinajstić information content (AvgIpc) is 3.12. The molecule has 11 nitrogen and oxygen atoms in total. The summed E-state index contributed by atoms with van der Waals surface area (Å²) in [6.45, 7) is 9.07. The molecule has 0 unspecified atom stereocenters. The van der Waals surface area contributed by atoms with E-state index in [1.54, 1.807) is 49.9 Å². The normalized spacial score (nSPS) is 17.5. The number of hydrogen-bond donors (Lipinski definition) is 3. The Bertz CT molecular complexity index is 1840. The minimum atomic E-state index is -1.03. The van der Waals surface area contributed by atoms with E-state index in [1.165, 1.54) is 36.6 Å². The average molecular weight is 729 g/mol. The number of thioether (sulfide) groups is 1. The van der Waals surface area contributed by atoms with Gasteiger partial charge in [0.25, 0.3) is 5.91 Å². The maximum atomic E-state index is 14.7. The molecule has 0 radical (unpaired) electrons. The van der Waals surface area contributed by atoms with E-state index in [0.29, 0.717) is 16.8 Å². The van der Waals surface area contributed by atoms with Crippen LogP contribution in [0.5, 0.6) is 0 Å². The van der Waals surface area contributed by atoms with Gasteiger partial charge in [0.1, 0.15) is 17.7 Å². The van der Waals surface area contributed by atoms with Crippen LogP contribution in [0.25, 0.3) is 0 Å². The summed E-state index contributed by atoms with van der Waals surface area (Å²) in [5.41, 5.74) is 4.32. The maximum Gasteiger partial charge on any atom is 0.408 e. The SMILES string of the molecule is COC(=O)c1ccc(C(=O)Nc2ccc3c(c2)CN(C(=O)[C@@H](NC(=O)OC(C)(C)C)C(C)(C)SC)[C@H](C(=O)N[C@@H]2CCCc4ccccc42)C3)cc1. The Balaban J connectivity index is 1.45. The van der Waals surface area contributed by atoms with Crippen LogP contribution in [0.2, 0.25) is 0 Å². The van der Waals surface area contributed by atoms with E-state index in [-0.39, 0.29) is 30.8 Å². The van der Waals surface area contributed by atoms with Crippen LogP contribution in [0.4, 0.5) is 10.5 Å². The van der Waals surface area contributed by atoms with E-state index in [4.69, 9.17) is 9.47 Å². The van der Waals surface area contributed by atoms with E-state index >= 15 is 0 Å². The van der Waals surface area contributed by atoms with E-state index in [1.807, 2.05) is 44.4 Å². The fourth-order valence-corrected chi connectivity index (χ4v) is 7.02. The van der Waals surface area contributed by atoms with Crippen LogP contribution in [0, 0.1) is 0 Å². The maximum absolute atomic E-state index is 14.7. The molecule has 3 aromatic carbocycles. The van der Waals surface area contributed by atoms with Crippen LogP contribution in [-0.4, -0.2) is 70.5 Å². The van der Waals surface area contributed by atoms with Crippen molar-refractivity contribution in [2.75, 3.05) is 18.7 Å². The summed E-state index contributed by atoms with van der Waals surface area (Å²) in [5, 5.41) is 8.98. The summed E-state index contributed by atoms with van der Waals surface area (Å²) in [6, 6.07) is 17.6. The lowest BCUT2D eigenvalue weighted by Gasteiger charge is -2.42. The number of carbonyl (C=O) groups excluding carboxylic acids is 5. The molecule has 0 saturated carbocycles. The molecule has 276 valence electrons. The Kier molecular flexibility index (Phi) is 11.7. The van der Waals surface area contributed by atoms with E-state index in [9.17, 15) is 24.0 Å². The molecule has 2 aliphatic rings. The molecule has 5 rings (SSSR count). The van der Waals surface area contributed by atoms with Crippen molar-refractivity contribution < 1.29 is 33.4 Å². The lowest BCUT2D eigenvalue weighted by molar-refractivity contribution is -0.144. The number of nitrogens with one attached hydrogen (secondary N) is 3. The third kappa shape index (κ3) is 8.96. The van der Waals surface area contributed by atoms with Gasteiger partial charge in [0.2, 0.25) is 11.8 Å². The van der Waals surface area contributed by atoms with Crippen molar-refractivity contribution in [3.05, 3.63) is 100 Å². The van der Waals surface area contributed by atoms with E-state index in [0.717, 1.165) is 36.0 Å². The number of carbonyl (C=O) groups is 5. The van der Waals surface area contributed by atoms with Gasteiger partial charge in [-0.1, -0.05) is 30.3 Å². The number of fused-ring (bicyclic) bond motifs is 2. The number of methoxy groups -OCH3 is 1. The Labute approximate surface area is 309 Å². The number of rotatable bonds is 9. The third-order valence-electron chi connectivity index (χ3n) is 9.56. The molecule has 1 aliphatic heterocycles. The smallest absolute Gasteiger partial charge is 0.408 e. The molecule has 3 aromatic rings. The van der Waals surface area contributed by atoms with Gasteiger partial charge in [0.15, 0.2) is 0 Å². The summed E-state index contributed by atoms with van der Waals surface area (Å²) >= 11 is 1.42. The molecule has 0 aromatic heterocycles. The third-order valence-corrected chi connectivity index (χ3v) is 10.9. The highest BCUT2D eigenvalue weighted by Gasteiger charge is 2.44. The first-order chi connectivity index (χ1) is 24.6. The molecule has 0 bridgehead atoms. The molecule has 52 heavy (non-hydrogen) atoms. The van der Waals surface area contributed by atoms with Gasteiger partial charge in [-0.15, -0.1) is 0 Å². The first-order valence-corrected chi connectivity index (χ1v) is 18.7. The highest BCUT2D eigenvalue weighted by Crippen LogP contribution is 2.34. The first-order valence-electron chi connectivity index (χ1n) is 17.4.